The summed E-state index contributed by atoms with van der Waals surface area (Å²) in [6.07, 6.45) is 2.33. The van der Waals surface area contributed by atoms with E-state index in [1.165, 1.54) is 11.1 Å². The Bertz CT molecular complexity index is 657. The fourth-order valence-electron chi connectivity index (χ4n) is 3.14. The molecule has 110 valence electrons. The second-order valence-electron chi connectivity index (χ2n) is 6.33. The topological polar surface area (TPSA) is 32.3 Å². The molecule has 3 rings (SSSR count). The van der Waals surface area contributed by atoms with E-state index >= 15 is 0 Å². The number of aryl methyl sites for hydroxylation is 2. The van der Waals surface area contributed by atoms with Crippen LogP contribution in [0, 0.1) is 20.8 Å². The zero-order valence-corrected chi connectivity index (χ0v) is 13.0. The lowest BCUT2D eigenvalue weighted by Gasteiger charge is -2.37. The number of phenols is 1. The molecule has 0 heterocycles. The van der Waals surface area contributed by atoms with Gasteiger partial charge in [0, 0.05) is 17.3 Å². The van der Waals surface area contributed by atoms with Crippen molar-refractivity contribution in [3.63, 3.8) is 0 Å². The third-order valence-corrected chi connectivity index (χ3v) is 4.64. The van der Waals surface area contributed by atoms with Crippen LogP contribution in [-0.4, -0.2) is 11.1 Å². The van der Waals surface area contributed by atoms with Gasteiger partial charge in [-0.3, -0.25) is 0 Å². The van der Waals surface area contributed by atoms with Crippen molar-refractivity contribution >= 4 is 5.69 Å². The molecular formula is C19H23NO. The van der Waals surface area contributed by atoms with Crippen molar-refractivity contribution in [3.8, 4) is 5.75 Å². The molecule has 2 aromatic carbocycles. The van der Waals surface area contributed by atoms with Crippen LogP contribution in [0.25, 0.3) is 0 Å². The van der Waals surface area contributed by atoms with Crippen molar-refractivity contribution in [2.24, 2.45) is 0 Å². The first-order chi connectivity index (χ1) is 10.0. The van der Waals surface area contributed by atoms with Gasteiger partial charge in [-0.05, 0) is 56.7 Å². The van der Waals surface area contributed by atoms with Crippen LogP contribution in [0.1, 0.15) is 41.0 Å². The molecule has 1 aliphatic rings. The standard InChI is InChI=1S/C19H23NO/c1-12-5-4-6-15(9-12)16-10-17(11-16)20-18-8-7-13(2)19(21)14(18)3/h4-9,16-17,20-21H,10-11H2,1-3H3. The minimum Gasteiger partial charge on any atom is -0.507 e. The molecule has 0 unspecified atom stereocenters. The van der Waals surface area contributed by atoms with E-state index in [9.17, 15) is 5.11 Å². The van der Waals surface area contributed by atoms with Crippen molar-refractivity contribution in [1.29, 1.82) is 0 Å². The lowest BCUT2D eigenvalue weighted by molar-refractivity contribution is 0.373. The fraction of sp³-hybridized carbons (Fsp3) is 0.368. The summed E-state index contributed by atoms with van der Waals surface area (Å²) in [6.45, 7) is 6.06. The molecule has 2 nitrogen and oxygen atoms in total. The van der Waals surface area contributed by atoms with Gasteiger partial charge >= 0.3 is 0 Å². The monoisotopic (exact) mass is 281 g/mol. The maximum atomic E-state index is 10.0. The number of aromatic hydroxyl groups is 1. The summed E-state index contributed by atoms with van der Waals surface area (Å²) in [6, 6.07) is 13.4. The Kier molecular flexibility index (Phi) is 3.62. The first kappa shape index (κ1) is 14.0. The summed E-state index contributed by atoms with van der Waals surface area (Å²) < 4.78 is 0. The molecule has 2 aromatic rings. The van der Waals surface area contributed by atoms with Gasteiger partial charge in [0.05, 0.1) is 0 Å². The van der Waals surface area contributed by atoms with Crippen LogP contribution in [0.5, 0.6) is 5.75 Å². The predicted octanol–water partition coefficient (Wildman–Crippen LogP) is 4.68. The minimum absolute atomic E-state index is 0.412. The largest absolute Gasteiger partial charge is 0.507 e. The third kappa shape index (κ3) is 2.76. The van der Waals surface area contributed by atoms with Gasteiger partial charge in [-0.1, -0.05) is 35.9 Å². The first-order valence-electron chi connectivity index (χ1n) is 7.67. The summed E-state index contributed by atoms with van der Waals surface area (Å²) in [7, 11) is 0. The number of benzene rings is 2. The van der Waals surface area contributed by atoms with Crippen LogP contribution in [0.3, 0.4) is 0 Å². The van der Waals surface area contributed by atoms with Crippen LogP contribution in [0.2, 0.25) is 0 Å². The average Bonchev–Trinajstić information content (AvgIpc) is 2.42. The molecule has 0 aliphatic heterocycles. The SMILES string of the molecule is Cc1cccc(C2CC(Nc3ccc(C)c(O)c3C)C2)c1. The van der Waals surface area contributed by atoms with E-state index in [0.29, 0.717) is 17.7 Å². The van der Waals surface area contributed by atoms with Crippen molar-refractivity contribution in [1.82, 2.24) is 0 Å². The zero-order valence-electron chi connectivity index (χ0n) is 13.0. The molecule has 0 atom stereocenters. The predicted molar refractivity (Wildman–Crippen MR) is 88.1 cm³/mol. The molecule has 0 bridgehead atoms. The Morgan fingerprint density at radius 2 is 1.81 bits per heavy atom. The first-order valence-corrected chi connectivity index (χ1v) is 7.67. The molecule has 0 radical (unpaired) electrons. The highest BCUT2D eigenvalue weighted by Gasteiger charge is 2.30. The molecule has 0 amide bonds. The Morgan fingerprint density at radius 1 is 1.05 bits per heavy atom. The summed E-state index contributed by atoms with van der Waals surface area (Å²) in [5, 5.41) is 13.6. The van der Waals surface area contributed by atoms with Gasteiger partial charge in [-0.25, -0.2) is 0 Å². The molecule has 1 fully saturated rings. The van der Waals surface area contributed by atoms with Gasteiger partial charge in [0.15, 0.2) is 0 Å². The normalized spacial score (nSPS) is 20.9. The van der Waals surface area contributed by atoms with Gasteiger partial charge in [-0.15, -0.1) is 0 Å². The van der Waals surface area contributed by atoms with Crippen LogP contribution in [0.15, 0.2) is 36.4 Å². The van der Waals surface area contributed by atoms with E-state index in [0.717, 1.165) is 29.7 Å². The summed E-state index contributed by atoms with van der Waals surface area (Å²) in [5.74, 6) is 1.08. The second-order valence-corrected chi connectivity index (χ2v) is 6.33. The lowest BCUT2D eigenvalue weighted by atomic mass is 9.75. The van der Waals surface area contributed by atoms with Gasteiger partial charge in [0.25, 0.3) is 0 Å². The molecular weight excluding hydrogens is 258 g/mol. The van der Waals surface area contributed by atoms with E-state index in [1.807, 2.05) is 19.9 Å². The van der Waals surface area contributed by atoms with E-state index in [1.54, 1.807) is 0 Å². The van der Waals surface area contributed by atoms with Crippen molar-refractivity contribution in [2.45, 2.75) is 45.6 Å². The number of phenolic OH excluding ortho intramolecular Hbond substituents is 1. The Hall–Kier alpha value is -1.96. The Labute approximate surface area is 126 Å². The van der Waals surface area contributed by atoms with Crippen LogP contribution >= 0.6 is 0 Å². The minimum atomic E-state index is 0.412. The smallest absolute Gasteiger partial charge is 0.123 e. The molecule has 0 saturated heterocycles. The zero-order chi connectivity index (χ0) is 15.0. The number of nitrogens with one attached hydrogen (secondary N) is 1. The maximum absolute atomic E-state index is 10.0. The molecule has 2 heteroatoms. The van der Waals surface area contributed by atoms with Crippen molar-refractivity contribution in [3.05, 3.63) is 58.7 Å². The maximum Gasteiger partial charge on any atom is 0.123 e. The lowest BCUT2D eigenvalue weighted by Crippen LogP contribution is -2.34. The number of anilines is 1. The van der Waals surface area contributed by atoms with E-state index < -0.39 is 0 Å². The van der Waals surface area contributed by atoms with Crippen LogP contribution < -0.4 is 5.32 Å². The van der Waals surface area contributed by atoms with E-state index in [2.05, 4.69) is 42.6 Å². The number of hydrogen-bond donors (Lipinski definition) is 2. The molecule has 0 aromatic heterocycles. The summed E-state index contributed by atoms with van der Waals surface area (Å²) in [4.78, 5) is 0. The molecule has 1 saturated carbocycles. The van der Waals surface area contributed by atoms with Crippen LogP contribution in [0.4, 0.5) is 5.69 Å². The fourth-order valence-corrected chi connectivity index (χ4v) is 3.14. The highest BCUT2D eigenvalue weighted by molar-refractivity contribution is 5.59. The Balaban J connectivity index is 1.64. The molecule has 0 spiro atoms. The molecule has 2 N–H and O–H groups in total. The molecule has 1 aliphatic carbocycles. The second kappa shape index (κ2) is 5.44. The summed E-state index contributed by atoms with van der Waals surface area (Å²) >= 11 is 0. The van der Waals surface area contributed by atoms with Gasteiger partial charge in [0.1, 0.15) is 5.75 Å². The van der Waals surface area contributed by atoms with Crippen molar-refractivity contribution in [2.75, 3.05) is 5.32 Å². The van der Waals surface area contributed by atoms with Gasteiger partial charge in [0.2, 0.25) is 0 Å². The number of rotatable bonds is 3. The van der Waals surface area contributed by atoms with E-state index in [4.69, 9.17) is 0 Å². The van der Waals surface area contributed by atoms with E-state index in [-0.39, 0.29) is 0 Å². The quantitative estimate of drug-likeness (QED) is 0.856. The number of hydrogen-bond acceptors (Lipinski definition) is 2. The molecule has 21 heavy (non-hydrogen) atoms. The average molecular weight is 281 g/mol. The van der Waals surface area contributed by atoms with Crippen molar-refractivity contribution < 1.29 is 5.11 Å². The third-order valence-electron chi connectivity index (χ3n) is 4.64. The van der Waals surface area contributed by atoms with Gasteiger partial charge < -0.3 is 10.4 Å². The highest BCUT2D eigenvalue weighted by Crippen LogP contribution is 2.40. The summed E-state index contributed by atoms with van der Waals surface area (Å²) in [5.41, 5.74) is 5.74. The van der Waals surface area contributed by atoms with Crippen LogP contribution in [-0.2, 0) is 0 Å². The van der Waals surface area contributed by atoms with Gasteiger partial charge in [-0.2, -0.15) is 0 Å². The Morgan fingerprint density at radius 3 is 2.52 bits per heavy atom. The highest BCUT2D eigenvalue weighted by atomic mass is 16.3.